The van der Waals surface area contributed by atoms with Crippen LogP contribution in [0.15, 0.2) is 18.5 Å². The average Bonchev–Trinajstić information content (AvgIpc) is 2.48. The predicted octanol–water partition coefficient (Wildman–Crippen LogP) is 2.56. The van der Waals surface area contributed by atoms with Crippen LogP contribution in [0.3, 0.4) is 0 Å². The van der Waals surface area contributed by atoms with Crippen LogP contribution in [0.4, 0.5) is 11.4 Å². The van der Waals surface area contributed by atoms with Crippen molar-refractivity contribution in [2.75, 3.05) is 17.3 Å². The number of hydrogen-bond acceptors (Lipinski definition) is 3. The Morgan fingerprint density at radius 1 is 1.33 bits per heavy atom. The van der Waals surface area contributed by atoms with Gasteiger partial charge in [-0.05, 0) is 18.9 Å². The molecule has 1 amide bonds. The van der Waals surface area contributed by atoms with Crippen LogP contribution in [-0.2, 0) is 4.79 Å². The van der Waals surface area contributed by atoms with Gasteiger partial charge >= 0.3 is 0 Å². The van der Waals surface area contributed by atoms with Crippen molar-refractivity contribution in [2.45, 2.75) is 44.1 Å². The molecule has 96 valence electrons. The van der Waals surface area contributed by atoms with Gasteiger partial charge in [-0.25, -0.2) is 0 Å². The SMILES string of the molecule is CN1c2ccncc2NC(=O)CC12CCCCC2. The molecule has 1 N–H and O–H groups in total. The summed E-state index contributed by atoms with van der Waals surface area (Å²) in [5.41, 5.74) is 1.94. The number of nitrogens with zero attached hydrogens (tertiary/aromatic N) is 2. The summed E-state index contributed by atoms with van der Waals surface area (Å²) in [4.78, 5) is 18.5. The number of hydrogen-bond donors (Lipinski definition) is 1. The molecular weight excluding hydrogens is 226 g/mol. The number of fused-ring (bicyclic) bond motifs is 1. The number of carbonyl (C=O) groups excluding carboxylic acids is 1. The molecule has 4 nitrogen and oxygen atoms in total. The molecule has 18 heavy (non-hydrogen) atoms. The summed E-state index contributed by atoms with van der Waals surface area (Å²) >= 11 is 0. The Morgan fingerprint density at radius 2 is 2.11 bits per heavy atom. The molecule has 2 heterocycles. The van der Waals surface area contributed by atoms with E-state index in [4.69, 9.17) is 0 Å². The normalized spacial score (nSPS) is 22.3. The lowest BCUT2D eigenvalue weighted by molar-refractivity contribution is -0.117. The quantitative estimate of drug-likeness (QED) is 0.764. The van der Waals surface area contributed by atoms with Crippen LogP contribution in [0.5, 0.6) is 0 Å². The number of nitrogens with one attached hydrogen (secondary N) is 1. The Morgan fingerprint density at radius 3 is 2.89 bits per heavy atom. The molecule has 4 heteroatoms. The van der Waals surface area contributed by atoms with Crippen molar-refractivity contribution in [2.24, 2.45) is 0 Å². The average molecular weight is 245 g/mol. The Bertz CT molecular complexity index is 466. The summed E-state index contributed by atoms with van der Waals surface area (Å²) in [6.45, 7) is 0. The third kappa shape index (κ3) is 1.76. The highest BCUT2D eigenvalue weighted by molar-refractivity contribution is 5.97. The van der Waals surface area contributed by atoms with Crippen LogP contribution in [0, 0.1) is 0 Å². The van der Waals surface area contributed by atoms with Crippen molar-refractivity contribution < 1.29 is 4.79 Å². The summed E-state index contributed by atoms with van der Waals surface area (Å²) in [5, 5.41) is 2.98. The van der Waals surface area contributed by atoms with E-state index < -0.39 is 0 Å². The second kappa shape index (κ2) is 4.26. The zero-order valence-electron chi connectivity index (χ0n) is 10.8. The summed E-state index contributed by atoms with van der Waals surface area (Å²) in [7, 11) is 2.12. The highest BCUT2D eigenvalue weighted by Crippen LogP contribution is 2.42. The molecule has 1 aliphatic carbocycles. The van der Waals surface area contributed by atoms with Crippen molar-refractivity contribution in [3.8, 4) is 0 Å². The fourth-order valence-corrected chi connectivity index (χ4v) is 3.37. The number of anilines is 2. The number of carbonyl (C=O) groups is 1. The van der Waals surface area contributed by atoms with Crippen molar-refractivity contribution in [1.82, 2.24) is 4.98 Å². The molecule has 1 aromatic rings. The lowest BCUT2D eigenvalue weighted by atomic mass is 9.78. The van der Waals surface area contributed by atoms with Crippen molar-refractivity contribution in [3.05, 3.63) is 18.5 Å². The van der Waals surface area contributed by atoms with Crippen molar-refractivity contribution in [1.29, 1.82) is 0 Å². The van der Waals surface area contributed by atoms with Gasteiger partial charge in [-0.15, -0.1) is 0 Å². The molecular formula is C14H19N3O. The summed E-state index contributed by atoms with van der Waals surface area (Å²) in [6.07, 6.45) is 10.1. The lowest BCUT2D eigenvalue weighted by Crippen LogP contribution is -2.49. The highest BCUT2D eigenvalue weighted by atomic mass is 16.1. The third-order valence-electron chi connectivity index (χ3n) is 4.42. The van der Waals surface area contributed by atoms with Crippen LogP contribution in [0.25, 0.3) is 0 Å². The second-order valence-electron chi connectivity index (χ2n) is 5.46. The van der Waals surface area contributed by atoms with Crippen LogP contribution >= 0.6 is 0 Å². The zero-order valence-corrected chi connectivity index (χ0v) is 10.8. The first-order valence-corrected chi connectivity index (χ1v) is 6.69. The van der Waals surface area contributed by atoms with Gasteiger partial charge in [-0.1, -0.05) is 19.3 Å². The van der Waals surface area contributed by atoms with E-state index in [1.54, 1.807) is 12.4 Å². The van der Waals surface area contributed by atoms with Gasteiger partial charge in [0.15, 0.2) is 0 Å². The van der Waals surface area contributed by atoms with Gasteiger partial charge in [-0.2, -0.15) is 0 Å². The van der Waals surface area contributed by atoms with E-state index in [-0.39, 0.29) is 11.4 Å². The molecule has 1 spiro atoms. The molecule has 1 aliphatic heterocycles. The van der Waals surface area contributed by atoms with Crippen molar-refractivity contribution in [3.63, 3.8) is 0 Å². The largest absolute Gasteiger partial charge is 0.367 e. The van der Waals surface area contributed by atoms with E-state index in [0.29, 0.717) is 6.42 Å². The van der Waals surface area contributed by atoms with Crippen LogP contribution in [0.2, 0.25) is 0 Å². The molecule has 0 aromatic carbocycles. The van der Waals surface area contributed by atoms with Crippen LogP contribution in [-0.4, -0.2) is 23.5 Å². The molecule has 3 rings (SSSR count). The van der Waals surface area contributed by atoms with Gasteiger partial charge in [-0.3, -0.25) is 9.78 Å². The van der Waals surface area contributed by atoms with Gasteiger partial charge < -0.3 is 10.2 Å². The van der Waals surface area contributed by atoms with Crippen molar-refractivity contribution >= 4 is 17.3 Å². The Labute approximate surface area is 107 Å². The molecule has 1 saturated carbocycles. The van der Waals surface area contributed by atoms with E-state index in [0.717, 1.165) is 24.2 Å². The molecule has 1 fully saturated rings. The highest BCUT2D eigenvalue weighted by Gasteiger charge is 2.40. The first kappa shape index (κ1) is 11.5. The van der Waals surface area contributed by atoms with E-state index >= 15 is 0 Å². The third-order valence-corrected chi connectivity index (χ3v) is 4.42. The fraction of sp³-hybridized carbons (Fsp3) is 0.571. The molecule has 0 saturated heterocycles. The monoisotopic (exact) mass is 245 g/mol. The van der Waals surface area contributed by atoms with E-state index in [9.17, 15) is 4.79 Å². The minimum atomic E-state index is 0.00887. The summed E-state index contributed by atoms with van der Waals surface area (Å²) in [6, 6.07) is 2.00. The number of rotatable bonds is 0. The topological polar surface area (TPSA) is 45.2 Å². The molecule has 0 unspecified atom stereocenters. The van der Waals surface area contributed by atoms with Gasteiger partial charge in [0, 0.05) is 18.8 Å². The second-order valence-corrected chi connectivity index (χ2v) is 5.46. The van der Waals surface area contributed by atoms with Gasteiger partial charge in [0.2, 0.25) is 5.91 Å². The minimum Gasteiger partial charge on any atom is -0.367 e. The molecule has 1 aromatic heterocycles. The van der Waals surface area contributed by atoms with Gasteiger partial charge in [0.05, 0.1) is 24.0 Å². The number of amides is 1. The Hall–Kier alpha value is -1.58. The van der Waals surface area contributed by atoms with Gasteiger partial charge in [0.1, 0.15) is 0 Å². The maximum absolute atomic E-state index is 12.1. The molecule has 2 aliphatic rings. The maximum atomic E-state index is 12.1. The summed E-state index contributed by atoms with van der Waals surface area (Å²) < 4.78 is 0. The summed E-state index contributed by atoms with van der Waals surface area (Å²) in [5.74, 6) is 0.121. The molecule has 0 bridgehead atoms. The first-order valence-electron chi connectivity index (χ1n) is 6.69. The zero-order chi connectivity index (χ0) is 12.6. The van der Waals surface area contributed by atoms with E-state index in [2.05, 4.69) is 22.2 Å². The predicted molar refractivity (Wildman–Crippen MR) is 71.7 cm³/mol. The smallest absolute Gasteiger partial charge is 0.226 e. The number of pyridine rings is 1. The molecule has 0 radical (unpaired) electrons. The standard InChI is InChI=1S/C14H19N3O/c1-17-12-5-8-15-10-11(12)16-13(18)9-14(17)6-3-2-4-7-14/h5,8,10H,2-4,6-7,9H2,1H3,(H,16,18). The Kier molecular flexibility index (Phi) is 2.73. The van der Waals surface area contributed by atoms with Crippen LogP contribution in [0.1, 0.15) is 38.5 Å². The fourth-order valence-electron chi connectivity index (χ4n) is 3.37. The first-order chi connectivity index (χ1) is 8.71. The number of aromatic nitrogens is 1. The maximum Gasteiger partial charge on any atom is 0.226 e. The van der Waals surface area contributed by atoms with Crippen LogP contribution < -0.4 is 10.2 Å². The Balaban J connectivity index is 2.05. The lowest BCUT2D eigenvalue weighted by Gasteiger charge is -2.44. The van der Waals surface area contributed by atoms with Gasteiger partial charge in [0.25, 0.3) is 0 Å². The molecule has 0 atom stereocenters. The van der Waals surface area contributed by atoms with E-state index in [1.807, 2.05) is 6.07 Å². The minimum absolute atomic E-state index is 0.00887. The van der Waals surface area contributed by atoms with E-state index in [1.165, 1.54) is 19.3 Å².